The first kappa shape index (κ1) is 15.1. The largest absolute Gasteiger partial charge is 0.373 e. The highest BCUT2D eigenvalue weighted by Gasteiger charge is 2.37. The second-order valence-electron chi connectivity index (χ2n) is 6.40. The van der Waals surface area contributed by atoms with Gasteiger partial charge >= 0.3 is 0 Å². The lowest BCUT2D eigenvalue weighted by atomic mass is 10.2. The molecule has 114 valence electrons. The molecule has 0 bridgehead atoms. The van der Waals surface area contributed by atoms with E-state index < -0.39 is 18.5 Å². The predicted octanol–water partition coefficient (Wildman–Crippen LogP) is 5.04. The smallest absolute Gasteiger partial charge is 0.0666 e. The van der Waals surface area contributed by atoms with Crippen LogP contribution in [0.4, 0.5) is 0 Å². The van der Waals surface area contributed by atoms with Gasteiger partial charge in [0.05, 0.1) is 12.2 Å². The zero-order valence-corrected chi connectivity index (χ0v) is 14.8. The van der Waals surface area contributed by atoms with Gasteiger partial charge < -0.3 is 4.74 Å². The molecule has 3 rings (SSSR count). The zero-order chi connectivity index (χ0) is 13.3. The SMILES string of the molecule is ClS1(CC2CCC(CS3(Cl)CCCC3)O2)CCCC1. The van der Waals surface area contributed by atoms with Gasteiger partial charge in [0.1, 0.15) is 0 Å². The first-order valence-corrected chi connectivity index (χ1v) is 13.6. The topological polar surface area (TPSA) is 9.23 Å². The van der Waals surface area contributed by atoms with E-state index in [4.69, 9.17) is 26.1 Å². The first-order chi connectivity index (χ1) is 9.07. The quantitative estimate of drug-likeness (QED) is 0.694. The van der Waals surface area contributed by atoms with Crippen molar-refractivity contribution in [1.82, 2.24) is 0 Å². The summed E-state index contributed by atoms with van der Waals surface area (Å²) in [5.41, 5.74) is 0. The molecule has 2 atom stereocenters. The number of hydrogen-bond acceptors (Lipinski definition) is 1. The molecule has 19 heavy (non-hydrogen) atoms. The molecule has 5 heteroatoms. The van der Waals surface area contributed by atoms with Crippen LogP contribution in [0.25, 0.3) is 0 Å². The predicted molar refractivity (Wildman–Crippen MR) is 92.5 cm³/mol. The van der Waals surface area contributed by atoms with Crippen LogP contribution in [-0.4, -0.2) is 46.7 Å². The maximum Gasteiger partial charge on any atom is 0.0666 e. The summed E-state index contributed by atoms with van der Waals surface area (Å²) in [5, 5.41) is 0. The van der Waals surface area contributed by atoms with Gasteiger partial charge in [0.25, 0.3) is 0 Å². The third-order valence-corrected chi connectivity index (χ3v) is 13.3. The Morgan fingerprint density at radius 1 is 0.737 bits per heavy atom. The normalized spacial score (nSPS) is 40.3. The van der Waals surface area contributed by atoms with Gasteiger partial charge in [0.15, 0.2) is 0 Å². The van der Waals surface area contributed by atoms with Crippen molar-refractivity contribution in [1.29, 1.82) is 0 Å². The van der Waals surface area contributed by atoms with E-state index in [2.05, 4.69) is 0 Å². The Hall–Kier alpha value is 1.24. The Bertz CT molecular complexity index is 285. The maximum atomic E-state index is 6.78. The Morgan fingerprint density at radius 2 is 1.11 bits per heavy atom. The molecule has 0 radical (unpaired) electrons. The fraction of sp³-hybridized carbons (Fsp3) is 1.00. The summed E-state index contributed by atoms with van der Waals surface area (Å²) in [6.45, 7) is 0. The summed E-state index contributed by atoms with van der Waals surface area (Å²) in [6.07, 6.45) is 8.67. The third-order valence-electron chi connectivity index (χ3n) is 4.71. The minimum atomic E-state index is -0.832. The second kappa shape index (κ2) is 6.16. The van der Waals surface area contributed by atoms with E-state index in [-0.39, 0.29) is 0 Å². The van der Waals surface area contributed by atoms with Crippen molar-refractivity contribution in [3.63, 3.8) is 0 Å². The van der Waals surface area contributed by atoms with E-state index in [0.717, 1.165) is 11.5 Å². The van der Waals surface area contributed by atoms with Crippen LogP contribution < -0.4 is 0 Å². The highest BCUT2D eigenvalue weighted by atomic mass is 35.7. The monoisotopic (exact) mass is 344 g/mol. The van der Waals surface area contributed by atoms with Gasteiger partial charge in [-0.3, -0.25) is 0 Å². The van der Waals surface area contributed by atoms with Crippen molar-refractivity contribution in [2.45, 2.75) is 50.7 Å². The molecule has 3 aliphatic heterocycles. The van der Waals surface area contributed by atoms with Gasteiger partial charge in [-0.15, -0.1) is 0 Å². The Labute approximate surface area is 129 Å². The standard InChI is InChI=1S/C14H26Cl2OS2/c15-18(7-1-2-8-18)11-13-5-6-14(17-13)12-19(16)9-3-4-10-19/h13-14H,1-12H2. The van der Waals surface area contributed by atoms with E-state index in [9.17, 15) is 0 Å². The number of hydrogen-bond donors (Lipinski definition) is 0. The average Bonchev–Trinajstić information content (AvgIpc) is 3.04. The molecule has 1 nitrogen and oxygen atoms in total. The summed E-state index contributed by atoms with van der Waals surface area (Å²) in [7, 11) is 11.9. The van der Waals surface area contributed by atoms with Gasteiger partial charge in [-0.25, -0.2) is 0 Å². The highest BCUT2D eigenvalue weighted by molar-refractivity contribution is 8.51. The van der Waals surface area contributed by atoms with E-state index in [1.165, 1.54) is 61.5 Å². The summed E-state index contributed by atoms with van der Waals surface area (Å²) in [5.74, 6) is 7.37. The Balaban J connectivity index is 1.47. The Morgan fingerprint density at radius 3 is 1.47 bits per heavy atom. The van der Waals surface area contributed by atoms with Crippen LogP contribution in [0.5, 0.6) is 0 Å². The lowest BCUT2D eigenvalue weighted by Crippen LogP contribution is -2.22. The second-order valence-corrected chi connectivity index (χ2v) is 16.4. The summed E-state index contributed by atoms with van der Waals surface area (Å²) in [4.78, 5) is 0. The van der Waals surface area contributed by atoms with E-state index >= 15 is 0 Å². The van der Waals surface area contributed by atoms with Gasteiger partial charge in [-0.05, 0) is 61.5 Å². The number of halogens is 2. The van der Waals surface area contributed by atoms with Gasteiger partial charge in [-0.2, -0.15) is 18.5 Å². The van der Waals surface area contributed by atoms with Crippen LogP contribution in [0.2, 0.25) is 0 Å². The minimum absolute atomic E-state index is 0.441. The fourth-order valence-electron chi connectivity index (χ4n) is 3.67. The van der Waals surface area contributed by atoms with E-state index in [1.54, 1.807) is 0 Å². The lowest BCUT2D eigenvalue weighted by molar-refractivity contribution is 0.0722. The third kappa shape index (κ3) is 3.91. The molecule has 2 unspecified atom stereocenters. The van der Waals surface area contributed by atoms with E-state index in [1.807, 2.05) is 0 Å². The van der Waals surface area contributed by atoms with Crippen molar-refractivity contribution in [3.05, 3.63) is 0 Å². The molecule has 0 aromatic carbocycles. The molecule has 0 aromatic rings. The Kier molecular flexibility index (Phi) is 4.91. The lowest BCUT2D eigenvalue weighted by Gasteiger charge is -2.32. The first-order valence-electron chi connectivity index (χ1n) is 7.65. The fourth-order valence-corrected chi connectivity index (χ4v) is 11.6. The molecular weight excluding hydrogens is 319 g/mol. The van der Waals surface area contributed by atoms with Crippen molar-refractivity contribution < 1.29 is 4.74 Å². The molecule has 0 spiro atoms. The number of rotatable bonds is 4. The number of ether oxygens (including phenoxy) is 1. The molecule has 0 amide bonds. The molecule has 0 aliphatic carbocycles. The van der Waals surface area contributed by atoms with Crippen LogP contribution in [0, 0.1) is 0 Å². The molecule has 3 heterocycles. The van der Waals surface area contributed by atoms with Gasteiger partial charge in [0, 0.05) is 11.5 Å². The van der Waals surface area contributed by atoms with Crippen molar-refractivity contribution in [2.75, 3.05) is 34.5 Å². The van der Waals surface area contributed by atoms with E-state index in [0.29, 0.717) is 12.2 Å². The van der Waals surface area contributed by atoms with Gasteiger partial charge in [0.2, 0.25) is 0 Å². The molecular formula is C14H26Cl2OS2. The molecule has 0 aromatic heterocycles. The van der Waals surface area contributed by atoms with Crippen LogP contribution in [0.3, 0.4) is 0 Å². The van der Waals surface area contributed by atoms with Crippen LogP contribution in [0.1, 0.15) is 38.5 Å². The van der Waals surface area contributed by atoms with Crippen LogP contribution in [0.15, 0.2) is 0 Å². The molecule has 3 aliphatic rings. The minimum Gasteiger partial charge on any atom is -0.373 e. The highest BCUT2D eigenvalue weighted by Crippen LogP contribution is 2.61. The maximum absolute atomic E-state index is 6.78. The molecule has 0 N–H and O–H groups in total. The summed E-state index contributed by atoms with van der Waals surface area (Å²) >= 11 is 0. The van der Waals surface area contributed by atoms with Crippen molar-refractivity contribution in [3.8, 4) is 0 Å². The van der Waals surface area contributed by atoms with Crippen molar-refractivity contribution in [2.24, 2.45) is 0 Å². The van der Waals surface area contributed by atoms with Gasteiger partial charge in [-0.1, -0.05) is 21.4 Å². The zero-order valence-electron chi connectivity index (χ0n) is 11.6. The van der Waals surface area contributed by atoms with Crippen LogP contribution in [-0.2, 0) is 4.74 Å². The average molecular weight is 345 g/mol. The molecule has 3 saturated heterocycles. The summed E-state index contributed by atoms with van der Waals surface area (Å²) < 4.78 is 6.29. The molecule has 0 saturated carbocycles. The van der Waals surface area contributed by atoms with Crippen LogP contribution >= 0.6 is 39.8 Å². The summed E-state index contributed by atoms with van der Waals surface area (Å²) in [6, 6.07) is 0. The van der Waals surface area contributed by atoms with Crippen molar-refractivity contribution >= 4 is 39.8 Å². The molecule has 3 fully saturated rings.